The van der Waals surface area contributed by atoms with E-state index in [4.69, 9.17) is 16.3 Å². The van der Waals surface area contributed by atoms with Crippen molar-refractivity contribution < 1.29 is 14.3 Å². The Bertz CT molecular complexity index is 777. The Morgan fingerprint density at radius 3 is 2.37 bits per heavy atom. The second-order valence-corrected chi connectivity index (χ2v) is 6.58. The van der Waals surface area contributed by atoms with Crippen molar-refractivity contribution in [1.29, 1.82) is 0 Å². The summed E-state index contributed by atoms with van der Waals surface area (Å²) in [5.41, 5.74) is 1.67. The molecule has 6 heteroatoms. The SMILES string of the molecule is CC[C@@H](C(=O)NC)N(Cc1ccc(OC)cc1)C(=O)Cc1ccccc1Cl. The second-order valence-electron chi connectivity index (χ2n) is 6.18. The predicted octanol–water partition coefficient (Wildman–Crippen LogP) is 3.44. The number of benzene rings is 2. The van der Waals surface area contributed by atoms with Gasteiger partial charge in [-0.2, -0.15) is 0 Å². The minimum Gasteiger partial charge on any atom is -0.497 e. The zero-order chi connectivity index (χ0) is 19.8. The number of amides is 2. The van der Waals surface area contributed by atoms with Crippen molar-refractivity contribution in [2.75, 3.05) is 14.2 Å². The molecule has 0 aromatic heterocycles. The normalized spacial score (nSPS) is 11.6. The molecule has 27 heavy (non-hydrogen) atoms. The number of halogens is 1. The van der Waals surface area contributed by atoms with E-state index in [1.165, 1.54) is 0 Å². The van der Waals surface area contributed by atoms with Gasteiger partial charge in [0.2, 0.25) is 11.8 Å². The van der Waals surface area contributed by atoms with Crippen LogP contribution in [-0.4, -0.2) is 36.9 Å². The number of carbonyl (C=O) groups is 2. The van der Waals surface area contributed by atoms with Gasteiger partial charge >= 0.3 is 0 Å². The molecule has 0 unspecified atom stereocenters. The fourth-order valence-electron chi connectivity index (χ4n) is 2.92. The van der Waals surface area contributed by atoms with E-state index in [9.17, 15) is 9.59 Å². The van der Waals surface area contributed by atoms with Crippen molar-refractivity contribution in [3.05, 3.63) is 64.7 Å². The van der Waals surface area contributed by atoms with Gasteiger partial charge in [0.15, 0.2) is 0 Å². The Balaban J connectivity index is 2.28. The van der Waals surface area contributed by atoms with Gasteiger partial charge in [-0.05, 0) is 35.7 Å². The van der Waals surface area contributed by atoms with Crippen LogP contribution in [-0.2, 0) is 22.6 Å². The maximum absolute atomic E-state index is 13.1. The molecule has 0 fully saturated rings. The first kappa shape index (κ1) is 20.8. The van der Waals surface area contributed by atoms with Gasteiger partial charge in [0, 0.05) is 18.6 Å². The van der Waals surface area contributed by atoms with E-state index in [0.29, 0.717) is 18.0 Å². The highest BCUT2D eigenvalue weighted by molar-refractivity contribution is 6.31. The van der Waals surface area contributed by atoms with Crippen LogP contribution in [0.15, 0.2) is 48.5 Å². The number of rotatable bonds is 8. The van der Waals surface area contributed by atoms with E-state index in [-0.39, 0.29) is 18.2 Å². The van der Waals surface area contributed by atoms with Crippen molar-refractivity contribution in [3.63, 3.8) is 0 Å². The van der Waals surface area contributed by atoms with Gasteiger partial charge < -0.3 is 15.0 Å². The monoisotopic (exact) mass is 388 g/mol. The number of hydrogen-bond acceptors (Lipinski definition) is 3. The minimum atomic E-state index is -0.549. The van der Waals surface area contributed by atoms with Gasteiger partial charge in [-0.1, -0.05) is 48.9 Å². The molecule has 0 heterocycles. The summed E-state index contributed by atoms with van der Waals surface area (Å²) in [5.74, 6) is 0.416. The third-order valence-electron chi connectivity index (χ3n) is 4.44. The van der Waals surface area contributed by atoms with Crippen LogP contribution in [0.2, 0.25) is 5.02 Å². The van der Waals surface area contributed by atoms with Crippen molar-refractivity contribution in [3.8, 4) is 5.75 Å². The maximum atomic E-state index is 13.1. The molecule has 0 saturated carbocycles. The van der Waals surface area contributed by atoms with Gasteiger partial charge in [0.25, 0.3) is 0 Å². The first-order chi connectivity index (χ1) is 13.0. The number of carbonyl (C=O) groups excluding carboxylic acids is 2. The lowest BCUT2D eigenvalue weighted by molar-refractivity contribution is -0.140. The molecule has 0 aliphatic carbocycles. The summed E-state index contributed by atoms with van der Waals surface area (Å²) in [6.07, 6.45) is 0.660. The van der Waals surface area contributed by atoms with Crippen LogP contribution < -0.4 is 10.1 Å². The molecule has 0 saturated heterocycles. The summed E-state index contributed by atoms with van der Waals surface area (Å²) in [7, 11) is 3.18. The molecule has 2 aromatic carbocycles. The lowest BCUT2D eigenvalue weighted by Crippen LogP contribution is -2.48. The summed E-state index contributed by atoms with van der Waals surface area (Å²) in [6, 6.07) is 14.2. The summed E-state index contributed by atoms with van der Waals surface area (Å²) in [6.45, 7) is 2.23. The van der Waals surface area contributed by atoms with Gasteiger partial charge in [0.1, 0.15) is 11.8 Å². The zero-order valence-electron chi connectivity index (χ0n) is 15.9. The Morgan fingerprint density at radius 1 is 1.15 bits per heavy atom. The third kappa shape index (κ3) is 5.47. The van der Waals surface area contributed by atoms with Crippen LogP contribution in [0.25, 0.3) is 0 Å². The van der Waals surface area contributed by atoms with Crippen LogP contribution in [0, 0.1) is 0 Å². The van der Waals surface area contributed by atoms with Crippen molar-refractivity contribution in [2.45, 2.75) is 32.4 Å². The van der Waals surface area contributed by atoms with E-state index >= 15 is 0 Å². The smallest absolute Gasteiger partial charge is 0.242 e. The van der Waals surface area contributed by atoms with Crippen molar-refractivity contribution in [2.24, 2.45) is 0 Å². The molecule has 0 aliphatic heterocycles. The first-order valence-electron chi connectivity index (χ1n) is 8.87. The first-order valence-corrected chi connectivity index (χ1v) is 9.25. The Morgan fingerprint density at radius 2 is 1.81 bits per heavy atom. The summed E-state index contributed by atoms with van der Waals surface area (Å²) in [4.78, 5) is 27.0. The molecule has 1 N–H and O–H groups in total. The highest BCUT2D eigenvalue weighted by Crippen LogP contribution is 2.20. The molecular formula is C21H25ClN2O3. The van der Waals surface area contributed by atoms with Crippen molar-refractivity contribution in [1.82, 2.24) is 10.2 Å². The average molecular weight is 389 g/mol. The Kier molecular flexibility index (Phi) is 7.67. The summed E-state index contributed by atoms with van der Waals surface area (Å²) >= 11 is 6.21. The second kappa shape index (κ2) is 9.97. The lowest BCUT2D eigenvalue weighted by Gasteiger charge is -2.30. The molecule has 144 valence electrons. The van der Waals surface area contributed by atoms with Gasteiger partial charge in [0.05, 0.1) is 13.5 Å². The molecule has 0 bridgehead atoms. The summed E-state index contributed by atoms with van der Waals surface area (Å²) < 4.78 is 5.18. The largest absolute Gasteiger partial charge is 0.497 e. The number of hydrogen-bond donors (Lipinski definition) is 1. The molecule has 2 aromatic rings. The highest BCUT2D eigenvalue weighted by Gasteiger charge is 2.28. The topological polar surface area (TPSA) is 58.6 Å². The number of nitrogens with zero attached hydrogens (tertiary/aromatic N) is 1. The van der Waals surface area contributed by atoms with Gasteiger partial charge in [-0.25, -0.2) is 0 Å². The Hall–Kier alpha value is -2.53. The molecule has 2 amide bonds. The van der Waals surface area contributed by atoms with E-state index in [2.05, 4.69) is 5.32 Å². The highest BCUT2D eigenvalue weighted by atomic mass is 35.5. The van der Waals surface area contributed by atoms with Crippen molar-refractivity contribution >= 4 is 23.4 Å². The molecule has 0 spiro atoms. The predicted molar refractivity (Wildman–Crippen MR) is 107 cm³/mol. The molecular weight excluding hydrogens is 364 g/mol. The number of methoxy groups -OCH3 is 1. The van der Waals surface area contributed by atoms with E-state index in [0.717, 1.165) is 16.9 Å². The van der Waals surface area contributed by atoms with E-state index in [1.807, 2.05) is 49.4 Å². The fraction of sp³-hybridized carbons (Fsp3) is 0.333. The van der Waals surface area contributed by atoms with Gasteiger partial charge in [-0.3, -0.25) is 9.59 Å². The molecule has 2 rings (SSSR count). The Labute approximate surface area is 165 Å². The maximum Gasteiger partial charge on any atom is 0.242 e. The molecule has 0 radical (unpaired) electrons. The minimum absolute atomic E-state index is 0.142. The van der Waals surface area contributed by atoms with Crippen LogP contribution in [0.3, 0.4) is 0 Å². The summed E-state index contributed by atoms with van der Waals surface area (Å²) in [5, 5.41) is 3.20. The lowest BCUT2D eigenvalue weighted by atomic mass is 10.1. The average Bonchev–Trinajstić information content (AvgIpc) is 2.69. The molecule has 1 atom stereocenters. The van der Waals surface area contributed by atoms with Crippen LogP contribution >= 0.6 is 11.6 Å². The van der Waals surface area contributed by atoms with Crippen LogP contribution in [0.1, 0.15) is 24.5 Å². The molecule has 0 aliphatic rings. The fourth-order valence-corrected chi connectivity index (χ4v) is 3.12. The van der Waals surface area contributed by atoms with Crippen LogP contribution in [0.4, 0.5) is 0 Å². The zero-order valence-corrected chi connectivity index (χ0v) is 16.6. The molecule has 5 nitrogen and oxygen atoms in total. The third-order valence-corrected chi connectivity index (χ3v) is 4.81. The number of likely N-dealkylation sites (N-methyl/N-ethyl adjacent to an activating group) is 1. The number of ether oxygens (including phenoxy) is 1. The van der Waals surface area contributed by atoms with Gasteiger partial charge in [-0.15, -0.1) is 0 Å². The van der Waals surface area contributed by atoms with E-state index in [1.54, 1.807) is 25.1 Å². The standard InChI is InChI=1S/C21H25ClN2O3/c1-4-19(21(26)23-2)24(14-15-9-11-17(27-3)12-10-15)20(25)13-16-7-5-6-8-18(16)22/h5-12,19H,4,13-14H2,1-3H3,(H,23,26)/t19-/m0/s1. The van der Waals surface area contributed by atoms with Crippen LogP contribution in [0.5, 0.6) is 5.75 Å². The number of nitrogens with one attached hydrogen (secondary N) is 1. The quantitative estimate of drug-likeness (QED) is 0.753. The van der Waals surface area contributed by atoms with E-state index < -0.39 is 6.04 Å².